The average Bonchev–Trinajstić information content (AvgIpc) is 2.22. The third kappa shape index (κ3) is 5.34. The fourth-order valence-corrected chi connectivity index (χ4v) is 1.41. The van der Waals surface area contributed by atoms with E-state index in [9.17, 15) is 9.59 Å². The van der Waals surface area contributed by atoms with Gasteiger partial charge in [0.05, 0.1) is 5.92 Å². The van der Waals surface area contributed by atoms with E-state index in [4.69, 9.17) is 10.2 Å². The summed E-state index contributed by atoms with van der Waals surface area (Å²) in [6, 6.07) is 0. The van der Waals surface area contributed by atoms with Crippen LogP contribution in [0.15, 0.2) is 24.3 Å². The number of carboxylic acids is 2. The summed E-state index contributed by atoms with van der Waals surface area (Å²) in [4.78, 5) is 21.4. The summed E-state index contributed by atoms with van der Waals surface area (Å²) in [5.41, 5.74) is 0. The predicted octanol–water partition coefficient (Wildman–Crippen LogP) is 2.32. The molecule has 4 nitrogen and oxygen atoms in total. The van der Waals surface area contributed by atoms with E-state index < -0.39 is 17.9 Å². The minimum atomic E-state index is -1.05. The van der Waals surface area contributed by atoms with Crippen LogP contribution in [0.2, 0.25) is 0 Å². The molecular formula is C12H18O4. The molecule has 0 radical (unpaired) electrons. The van der Waals surface area contributed by atoms with Crippen LogP contribution in [0.1, 0.15) is 26.7 Å². The molecule has 0 rings (SSSR count). The second-order valence-electron chi connectivity index (χ2n) is 3.47. The first kappa shape index (κ1) is 14.4. The Balaban J connectivity index is 4.77. The lowest BCUT2D eigenvalue weighted by atomic mass is 9.89. The topological polar surface area (TPSA) is 74.6 Å². The van der Waals surface area contributed by atoms with Gasteiger partial charge in [-0.25, -0.2) is 4.79 Å². The first-order valence-corrected chi connectivity index (χ1v) is 5.33. The first-order chi connectivity index (χ1) is 7.52. The smallest absolute Gasteiger partial charge is 0.327 e. The molecule has 0 fully saturated rings. The first-order valence-electron chi connectivity index (χ1n) is 5.33. The lowest BCUT2D eigenvalue weighted by Crippen LogP contribution is -2.20. The van der Waals surface area contributed by atoms with Crippen molar-refractivity contribution < 1.29 is 19.8 Å². The van der Waals surface area contributed by atoms with Crippen molar-refractivity contribution in [1.82, 2.24) is 0 Å². The lowest BCUT2D eigenvalue weighted by molar-refractivity contribution is -0.141. The van der Waals surface area contributed by atoms with Crippen molar-refractivity contribution in [2.45, 2.75) is 26.7 Å². The summed E-state index contributed by atoms with van der Waals surface area (Å²) in [6.07, 6.45) is 7.22. The third-order valence-corrected chi connectivity index (χ3v) is 2.28. The van der Waals surface area contributed by atoms with Crippen molar-refractivity contribution in [1.29, 1.82) is 0 Å². The Labute approximate surface area is 95.3 Å². The van der Waals surface area contributed by atoms with Gasteiger partial charge in [0.1, 0.15) is 0 Å². The standard InChI is InChI=1S/C12H18O4/c1-3-5-6-10(12(15)16)9(4-2)7-8-11(13)14/h5-10H,3-4H2,1-2H3,(H,13,14)(H,15,16)/b6-5+,8-7+. The Morgan fingerprint density at radius 1 is 1.19 bits per heavy atom. The maximum atomic E-state index is 11.0. The molecule has 2 atom stereocenters. The van der Waals surface area contributed by atoms with Crippen LogP contribution in [-0.2, 0) is 9.59 Å². The van der Waals surface area contributed by atoms with Gasteiger partial charge in [0.2, 0.25) is 0 Å². The minimum Gasteiger partial charge on any atom is -0.481 e. The molecule has 2 N–H and O–H groups in total. The van der Waals surface area contributed by atoms with Crippen LogP contribution in [-0.4, -0.2) is 22.2 Å². The number of rotatable bonds is 7. The Morgan fingerprint density at radius 3 is 2.19 bits per heavy atom. The summed E-state index contributed by atoms with van der Waals surface area (Å²) in [5.74, 6) is -2.91. The molecule has 0 aliphatic heterocycles. The molecule has 0 aliphatic carbocycles. The molecule has 0 saturated carbocycles. The maximum Gasteiger partial charge on any atom is 0.327 e. The number of aliphatic carboxylic acids is 2. The van der Waals surface area contributed by atoms with E-state index in [-0.39, 0.29) is 5.92 Å². The van der Waals surface area contributed by atoms with Crippen LogP contribution >= 0.6 is 0 Å². The van der Waals surface area contributed by atoms with E-state index in [0.717, 1.165) is 12.5 Å². The number of carboxylic acid groups (broad SMARTS) is 2. The van der Waals surface area contributed by atoms with Gasteiger partial charge in [-0.05, 0) is 18.8 Å². The van der Waals surface area contributed by atoms with Crippen LogP contribution in [0, 0.1) is 11.8 Å². The molecule has 2 unspecified atom stereocenters. The van der Waals surface area contributed by atoms with Crippen LogP contribution < -0.4 is 0 Å². The van der Waals surface area contributed by atoms with Gasteiger partial charge < -0.3 is 10.2 Å². The van der Waals surface area contributed by atoms with Gasteiger partial charge >= 0.3 is 11.9 Å². The van der Waals surface area contributed by atoms with Crippen LogP contribution in [0.5, 0.6) is 0 Å². The van der Waals surface area contributed by atoms with Crippen LogP contribution in [0.4, 0.5) is 0 Å². The molecule has 0 amide bonds. The van der Waals surface area contributed by atoms with E-state index in [1.807, 2.05) is 13.8 Å². The largest absolute Gasteiger partial charge is 0.481 e. The average molecular weight is 226 g/mol. The summed E-state index contributed by atoms with van der Waals surface area (Å²) >= 11 is 0. The highest BCUT2D eigenvalue weighted by atomic mass is 16.4. The van der Waals surface area contributed by atoms with Crippen molar-refractivity contribution >= 4 is 11.9 Å². The van der Waals surface area contributed by atoms with Crippen molar-refractivity contribution in [3.63, 3.8) is 0 Å². The number of hydrogen-bond acceptors (Lipinski definition) is 2. The predicted molar refractivity (Wildman–Crippen MR) is 61.1 cm³/mol. The Morgan fingerprint density at radius 2 is 1.81 bits per heavy atom. The molecule has 0 aromatic carbocycles. The van der Waals surface area contributed by atoms with E-state index in [1.54, 1.807) is 12.2 Å². The Kier molecular flexibility index (Phi) is 6.92. The number of carbonyl (C=O) groups is 2. The van der Waals surface area contributed by atoms with Crippen molar-refractivity contribution in [2.24, 2.45) is 11.8 Å². The highest BCUT2D eigenvalue weighted by Crippen LogP contribution is 2.19. The molecule has 16 heavy (non-hydrogen) atoms. The second-order valence-corrected chi connectivity index (χ2v) is 3.47. The molecule has 0 spiro atoms. The molecule has 4 heteroatoms. The molecule has 0 aliphatic rings. The minimum absolute atomic E-state index is 0.281. The summed E-state index contributed by atoms with van der Waals surface area (Å²) in [6.45, 7) is 3.76. The lowest BCUT2D eigenvalue weighted by Gasteiger charge is -2.15. The molecule has 90 valence electrons. The monoisotopic (exact) mass is 226 g/mol. The summed E-state index contributed by atoms with van der Waals surface area (Å²) in [5, 5.41) is 17.5. The molecule has 0 heterocycles. The maximum absolute atomic E-state index is 11.0. The van der Waals surface area contributed by atoms with Crippen LogP contribution in [0.3, 0.4) is 0 Å². The van der Waals surface area contributed by atoms with E-state index in [0.29, 0.717) is 6.42 Å². The van der Waals surface area contributed by atoms with E-state index in [2.05, 4.69) is 0 Å². The van der Waals surface area contributed by atoms with Crippen LogP contribution in [0.25, 0.3) is 0 Å². The third-order valence-electron chi connectivity index (χ3n) is 2.28. The molecular weight excluding hydrogens is 208 g/mol. The Hall–Kier alpha value is -1.58. The zero-order valence-corrected chi connectivity index (χ0v) is 9.59. The summed E-state index contributed by atoms with van der Waals surface area (Å²) < 4.78 is 0. The van der Waals surface area contributed by atoms with E-state index in [1.165, 1.54) is 6.08 Å². The highest BCUT2D eigenvalue weighted by Gasteiger charge is 2.22. The van der Waals surface area contributed by atoms with Gasteiger partial charge in [0.25, 0.3) is 0 Å². The Bertz CT molecular complexity index is 291. The zero-order chi connectivity index (χ0) is 12.6. The highest BCUT2D eigenvalue weighted by molar-refractivity contribution is 5.80. The molecule has 0 aromatic rings. The normalized spacial score (nSPS) is 15.4. The fourth-order valence-electron chi connectivity index (χ4n) is 1.41. The van der Waals surface area contributed by atoms with Gasteiger partial charge in [-0.3, -0.25) is 4.79 Å². The van der Waals surface area contributed by atoms with E-state index >= 15 is 0 Å². The van der Waals surface area contributed by atoms with Gasteiger partial charge in [-0.15, -0.1) is 0 Å². The fraction of sp³-hybridized carbons (Fsp3) is 0.500. The molecule has 0 saturated heterocycles. The zero-order valence-electron chi connectivity index (χ0n) is 9.59. The quantitative estimate of drug-likeness (QED) is 0.516. The van der Waals surface area contributed by atoms with Gasteiger partial charge in [-0.2, -0.15) is 0 Å². The second kappa shape index (κ2) is 7.68. The molecule has 0 aromatic heterocycles. The van der Waals surface area contributed by atoms with Gasteiger partial charge in [0, 0.05) is 6.08 Å². The van der Waals surface area contributed by atoms with Gasteiger partial charge in [-0.1, -0.05) is 32.1 Å². The summed E-state index contributed by atoms with van der Waals surface area (Å²) in [7, 11) is 0. The molecule has 0 bridgehead atoms. The number of hydrogen-bond donors (Lipinski definition) is 2. The van der Waals surface area contributed by atoms with Crippen molar-refractivity contribution in [3.05, 3.63) is 24.3 Å². The number of allylic oxidation sites excluding steroid dienone is 2. The van der Waals surface area contributed by atoms with Crippen molar-refractivity contribution in [2.75, 3.05) is 0 Å². The van der Waals surface area contributed by atoms with Gasteiger partial charge in [0.15, 0.2) is 0 Å². The van der Waals surface area contributed by atoms with Crippen molar-refractivity contribution in [3.8, 4) is 0 Å². The SMILES string of the molecule is CC/C=C/C(C(=O)O)C(/C=C/C(=O)O)CC.